The predicted molar refractivity (Wildman–Crippen MR) is 133 cm³/mol. The fourth-order valence-corrected chi connectivity index (χ4v) is 5.29. The van der Waals surface area contributed by atoms with Crippen LogP contribution >= 0.6 is 0 Å². The molecule has 2 aliphatic rings. The van der Waals surface area contributed by atoms with Gasteiger partial charge in [-0.05, 0) is 67.6 Å². The van der Waals surface area contributed by atoms with Crippen LogP contribution in [-0.4, -0.2) is 22.8 Å². The lowest BCUT2D eigenvalue weighted by atomic mass is 9.88. The third-order valence-corrected chi connectivity index (χ3v) is 7.26. The minimum atomic E-state index is 0.0182. The number of hydrogen-bond acceptors (Lipinski definition) is 2. The summed E-state index contributed by atoms with van der Waals surface area (Å²) in [6.45, 7) is 0. The zero-order valence-electron chi connectivity index (χ0n) is 19.2. The lowest BCUT2D eigenvalue weighted by molar-refractivity contribution is -0.120. The van der Waals surface area contributed by atoms with E-state index in [0.29, 0.717) is 11.6 Å². The van der Waals surface area contributed by atoms with Crippen molar-refractivity contribution < 1.29 is 9.59 Å². The van der Waals surface area contributed by atoms with Crippen LogP contribution < -0.4 is 10.6 Å². The lowest BCUT2D eigenvalue weighted by Gasteiger charge is -2.22. The van der Waals surface area contributed by atoms with Gasteiger partial charge < -0.3 is 15.6 Å². The Labute approximate surface area is 195 Å². The number of aromatic nitrogens is 1. The summed E-state index contributed by atoms with van der Waals surface area (Å²) in [7, 11) is 0. The highest BCUT2D eigenvalue weighted by Crippen LogP contribution is 2.28. The summed E-state index contributed by atoms with van der Waals surface area (Å²) in [5, 5.41) is 7.30. The molecule has 5 heteroatoms. The molecule has 0 unspecified atom stereocenters. The van der Waals surface area contributed by atoms with E-state index < -0.39 is 0 Å². The quantitative estimate of drug-likeness (QED) is 0.426. The van der Waals surface area contributed by atoms with Gasteiger partial charge in [-0.2, -0.15) is 0 Å². The molecule has 2 aliphatic carbocycles. The summed E-state index contributed by atoms with van der Waals surface area (Å²) in [6.07, 6.45) is 11.4. The molecule has 1 aromatic heterocycles. The van der Waals surface area contributed by atoms with Crippen molar-refractivity contribution in [3.63, 3.8) is 0 Å². The molecule has 1 heterocycles. The van der Waals surface area contributed by atoms with E-state index in [9.17, 15) is 9.59 Å². The molecule has 0 bridgehead atoms. The van der Waals surface area contributed by atoms with Gasteiger partial charge in [0.25, 0.3) is 5.91 Å². The summed E-state index contributed by atoms with van der Waals surface area (Å²) in [5.74, 6) is 0.313. The maximum atomic E-state index is 12.7. The molecular weight excluding hydrogens is 410 g/mol. The van der Waals surface area contributed by atoms with Crippen LogP contribution in [0.4, 0.5) is 5.69 Å². The molecule has 2 saturated carbocycles. The predicted octanol–water partition coefficient (Wildman–Crippen LogP) is 6.42. The largest absolute Gasteiger partial charge is 0.355 e. The Balaban J connectivity index is 1.26. The summed E-state index contributed by atoms with van der Waals surface area (Å²) in [5.41, 5.74) is 4.61. The number of anilines is 1. The van der Waals surface area contributed by atoms with Crippen LogP contribution in [-0.2, 0) is 4.79 Å². The smallest absolute Gasteiger partial charge is 0.251 e. The van der Waals surface area contributed by atoms with Crippen molar-refractivity contribution in [2.75, 3.05) is 5.32 Å². The summed E-state index contributed by atoms with van der Waals surface area (Å²) >= 11 is 0. The van der Waals surface area contributed by atoms with Gasteiger partial charge in [0.2, 0.25) is 5.91 Å². The van der Waals surface area contributed by atoms with Gasteiger partial charge in [-0.1, -0.05) is 50.7 Å². The number of benzene rings is 2. The molecule has 5 rings (SSSR count). The number of carbonyl (C=O) groups is 2. The molecule has 0 aliphatic heterocycles. The van der Waals surface area contributed by atoms with Gasteiger partial charge in [-0.25, -0.2) is 0 Å². The first-order valence-corrected chi connectivity index (χ1v) is 12.5. The number of nitrogens with one attached hydrogen (secondary N) is 3. The minimum absolute atomic E-state index is 0.0182. The molecule has 3 N–H and O–H groups in total. The number of H-pyrrole nitrogens is 1. The van der Waals surface area contributed by atoms with Crippen LogP contribution in [0.15, 0.2) is 48.5 Å². The Morgan fingerprint density at radius 2 is 1.48 bits per heavy atom. The molecule has 0 atom stereocenters. The van der Waals surface area contributed by atoms with Gasteiger partial charge in [0.05, 0.1) is 0 Å². The van der Waals surface area contributed by atoms with E-state index in [-0.39, 0.29) is 17.7 Å². The Morgan fingerprint density at radius 3 is 2.21 bits per heavy atom. The Bertz CT molecular complexity index is 1120. The zero-order chi connectivity index (χ0) is 22.6. The van der Waals surface area contributed by atoms with Crippen molar-refractivity contribution in [3.05, 3.63) is 54.1 Å². The first-order valence-electron chi connectivity index (χ1n) is 12.5. The van der Waals surface area contributed by atoms with Crippen molar-refractivity contribution >= 4 is 28.4 Å². The number of fused-ring (bicyclic) bond motifs is 1. The van der Waals surface area contributed by atoms with Gasteiger partial charge >= 0.3 is 0 Å². The number of hydrogen-bond donors (Lipinski definition) is 3. The zero-order valence-corrected chi connectivity index (χ0v) is 19.2. The molecule has 3 aromatic rings. The van der Waals surface area contributed by atoms with E-state index >= 15 is 0 Å². The van der Waals surface area contributed by atoms with E-state index in [1.807, 2.05) is 42.5 Å². The highest BCUT2D eigenvalue weighted by Gasteiger charge is 2.21. The van der Waals surface area contributed by atoms with E-state index in [4.69, 9.17) is 0 Å². The van der Waals surface area contributed by atoms with Crippen LogP contribution in [0, 0.1) is 5.92 Å². The van der Waals surface area contributed by atoms with E-state index in [1.165, 1.54) is 25.7 Å². The monoisotopic (exact) mass is 443 g/mol. The molecule has 2 amide bonds. The van der Waals surface area contributed by atoms with Crippen molar-refractivity contribution in [1.29, 1.82) is 0 Å². The van der Waals surface area contributed by atoms with Crippen LogP contribution in [0.5, 0.6) is 0 Å². The summed E-state index contributed by atoms with van der Waals surface area (Å²) < 4.78 is 0. The fraction of sp³-hybridized carbons (Fsp3) is 0.429. The molecular formula is C28H33N3O2. The molecule has 172 valence electrons. The molecule has 2 aromatic carbocycles. The highest BCUT2D eigenvalue weighted by molar-refractivity contribution is 5.99. The third-order valence-electron chi connectivity index (χ3n) is 7.26. The standard InChI is InChI=1S/C28H33N3O2/c32-27(20-7-3-1-4-8-20)30-24-14-11-19(12-15-24)26-18-22-17-21(13-16-25(22)31-26)28(33)29-23-9-5-2-6-10-23/h11-18,20,23,31H,1-10H2,(H,29,33)(H,30,32). The second-order valence-corrected chi connectivity index (χ2v) is 9.69. The van der Waals surface area contributed by atoms with Crippen molar-refractivity contribution in [2.24, 2.45) is 5.92 Å². The van der Waals surface area contributed by atoms with Crippen molar-refractivity contribution in [3.8, 4) is 11.3 Å². The van der Waals surface area contributed by atoms with Crippen LogP contribution in [0.2, 0.25) is 0 Å². The first kappa shape index (κ1) is 21.7. The van der Waals surface area contributed by atoms with Crippen LogP contribution in [0.25, 0.3) is 22.2 Å². The van der Waals surface area contributed by atoms with Gasteiger partial charge in [0.1, 0.15) is 0 Å². The summed E-state index contributed by atoms with van der Waals surface area (Å²) in [6, 6.07) is 16.2. The molecule has 0 spiro atoms. The van der Waals surface area contributed by atoms with Crippen molar-refractivity contribution in [1.82, 2.24) is 10.3 Å². The second kappa shape index (κ2) is 9.82. The van der Waals surface area contributed by atoms with Gasteiger partial charge in [0.15, 0.2) is 0 Å². The summed E-state index contributed by atoms with van der Waals surface area (Å²) in [4.78, 5) is 28.7. The van der Waals surface area contributed by atoms with E-state index in [2.05, 4.69) is 21.7 Å². The minimum Gasteiger partial charge on any atom is -0.355 e. The number of amides is 2. The molecule has 2 fully saturated rings. The first-order chi connectivity index (χ1) is 16.2. The fourth-order valence-electron chi connectivity index (χ4n) is 5.29. The number of rotatable bonds is 5. The average molecular weight is 444 g/mol. The molecule has 0 saturated heterocycles. The van der Waals surface area contributed by atoms with Gasteiger partial charge in [-0.3, -0.25) is 9.59 Å². The Morgan fingerprint density at radius 1 is 0.788 bits per heavy atom. The maximum absolute atomic E-state index is 12.7. The highest BCUT2D eigenvalue weighted by atomic mass is 16.2. The third kappa shape index (κ3) is 5.13. The van der Waals surface area contributed by atoms with E-state index in [0.717, 1.165) is 66.4 Å². The van der Waals surface area contributed by atoms with Gasteiger partial charge in [-0.15, -0.1) is 0 Å². The second-order valence-electron chi connectivity index (χ2n) is 9.69. The maximum Gasteiger partial charge on any atom is 0.251 e. The Hall–Kier alpha value is -3.08. The molecule has 33 heavy (non-hydrogen) atoms. The SMILES string of the molecule is O=C(NC1CCCCC1)c1ccc2[nH]c(-c3ccc(NC(=O)C4CCCCC4)cc3)cc2c1. The van der Waals surface area contributed by atoms with Gasteiger partial charge in [0, 0.05) is 39.8 Å². The Kier molecular flexibility index (Phi) is 6.47. The molecule has 0 radical (unpaired) electrons. The van der Waals surface area contributed by atoms with Crippen LogP contribution in [0.3, 0.4) is 0 Å². The normalized spacial score (nSPS) is 17.7. The van der Waals surface area contributed by atoms with Crippen molar-refractivity contribution in [2.45, 2.75) is 70.3 Å². The lowest BCUT2D eigenvalue weighted by Crippen LogP contribution is -2.36. The molecule has 5 nitrogen and oxygen atoms in total. The average Bonchev–Trinajstić information content (AvgIpc) is 3.29. The topological polar surface area (TPSA) is 74.0 Å². The van der Waals surface area contributed by atoms with E-state index in [1.54, 1.807) is 0 Å². The number of aromatic amines is 1. The van der Waals surface area contributed by atoms with Crippen LogP contribution in [0.1, 0.15) is 74.6 Å². The number of carbonyl (C=O) groups excluding carboxylic acids is 2.